The molecule has 0 fully saturated rings. The van der Waals surface area contributed by atoms with Crippen LogP contribution in [0.2, 0.25) is 0 Å². The van der Waals surface area contributed by atoms with E-state index in [1.54, 1.807) is 9.80 Å². The van der Waals surface area contributed by atoms with Gasteiger partial charge in [-0.15, -0.1) is 11.8 Å². The minimum Gasteiger partial charge on any atom is -0.340 e. The maximum atomic E-state index is 12.8. The van der Waals surface area contributed by atoms with Crippen molar-refractivity contribution in [2.75, 3.05) is 36.8 Å². The first-order valence-electron chi connectivity index (χ1n) is 8.73. The number of nitrogens with zero attached hydrogens (tertiary/aromatic N) is 2. The van der Waals surface area contributed by atoms with Crippen molar-refractivity contribution < 1.29 is 9.59 Å². The maximum absolute atomic E-state index is 12.8. The number of amides is 2. The molecule has 0 spiro atoms. The molecule has 0 saturated heterocycles. The molecule has 0 saturated carbocycles. The van der Waals surface area contributed by atoms with Crippen molar-refractivity contribution in [3.05, 3.63) is 60.2 Å². The number of nitrogens with two attached hydrogens (primary N) is 1. The number of benzene rings is 2. The van der Waals surface area contributed by atoms with Gasteiger partial charge in [0.25, 0.3) is 0 Å². The summed E-state index contributed by atoms with van der Waals surface area (Å²) in [6.07, 6.45) is 0.771. The molecular weight excluding hydrogens is 346 g/mol. The lowest BCUT2D eigenvalue weighted by atomic mass is 10.1. The Labute approximate surface area is 158 Å². The number of carbonyl (C=O) groups is 2. The molecule has 0 atom stereocenters. The minimum absolute atomic E-state index is 0.0298. The third-order valence-corrected chi connectivity index (χ3v) is 5.41. The maximum Gasteiger partial charge on any atom is 0.242 e. The van der Waals surface area contributed by atoms with Gasteiger partial charge < -0.3 is 15.5 Å². The zero-order valence-electron chi connectivity index (χ0n) is 14.6. The Morgan fingerprint density at radius 2 is 1.81 bits per heavy atom. The van der Waals surface area contributed by atoms with Gasteiger partial charge in [-0.25, -0.2) is 0 Å². The van der Waals surface area contributed by atoms with E-state index in [4.69, 9.17) is 5.73 Å². The van der Waals surface area contributed by atoms with Gasteiger partial charge in [0.05, 0.1) is 11.4 Å². The summed E-state index contributed by atoms with van der Waals surface area (Å²) in [5.74, 6) is 0.268. The van der Waals surface area contributed by atoms with Crippen LogP contribution >= 0.6 is 11.8 Å². The molecule has 0 radical (unpaired) electrons. The van der Waals surface area contributed by atoms with E-state index >= 15 is 0 Å². The summed E-state index contributed by atoms with van der Waals surface area (Å²) >= 11 is 1.52. The fraction of sp³-hybridized carbons (Fsp3) is 0.300. The van der Waals surface area contributed by atoms with Gasteiger partial charge in [-0.05, 0) is 24.1 Å². The molecule has 2 aromatic rings. The van der Waals surface area contributed by atoms with E-state index in [-0.39, 0.29) is 18.4 Å². The molecule has 1 aliphatic rings. The summed E-state index contributed by atoms with van der Waals surface area (Å²) in [5.41, 5.74) is 7.69. The number of fused-ring (bicyclic) bond motifs is 1. The van der Waals surface area contributed by atoms with Crippen molar-refractivity contribution in [3.8, 4) is 0 Å². The zero-order chi connectivity index (χ0) is 18.4. The second-order valence-electron chi connectivity index (χ2n) is 6.14. The van der Waals surface area contributed by atoms with E-state index in [9.17, 15) is 9.59 Å². The van der Waals surface area contributed by atoms with E-state index in [1.807, 2.05) is 54.6 Å². The molecule has 1 aliphatic heterocycles. The molecule has 2 aromatic carbocycles. The van der Waals surface area contributed by atoms with E-state index in [0.717, 1.165) is 17.0 Å². The quantitative estimate of drug-likeness (QED) is 0.812. The Morgan fingerprint density at radius 1 is 1.08 bits per heavy atom. The summed E-state index contributed by atoms with van der Waals surface area (Å²) in [4.78, 5) is 29.6. The van der Waals surface area contributed by atoms with Gasteiger partial charge in [0, 0.05) is 24.5 Å². The average molecular weight is 369 g/mol. The fourth-order valence-corrected chi connectivity index (χ4v) is 3.92. The van der Waals surface area contributed by atoms with Crippen LogP contribution in [-0.2, 0) is 16.0 Å². The van der Waals surface area contributed by atoms with Crippen molar-refractivity contribution in [1.29, 1.82) is 0 Å². The Hall–Kier alpha value is -2.31. The van der Waals surface area contributed by atoms with Crippen LogP contribution in [0.4, 0.5) is 5.69 Å². The van der Waals surface area contributed by atoms with Crippen molar-refractivity contribution in [3.63, 3.8) is 0 Å². The molecule has 26 heavy (non-hydrogen) atoms. The molecule has 0 aliphatic carbocycles. The number of thioether (sulfide) groups is 1. The van der Waals surface area contributed by atoms with E-state index < -0.39 is 0 Å². The van der Waals surface area contributed by atoms with Gasteiger partial charge in [0.2, 0.25) is 11.8 Å². The molecule has 5 nitrogen and oxygen atoms in total. The summed E-state index contributed by atoms with van der Waals surface area (Å²) in [6, 6.07) is 17.8. The lowest BCUT2D eigenvalue weighted by Crippen LogP contribution is -2.46. The third kappa shape index (κ3) is 4.45. The van der Waals surface area contributed by atoms with Crippen molar-refractivity contribution in [2.24, 2.45) is 5.73 Å². The lowest BCUT2D eigenvalue weighted by Gasteiger charge is -2.31. The predicted molar refractivity (Wildman–Crippen MR) is 105 cm³/mol. The number of rotatable bonds is 7. The van der Waals surface area contributed by atoms with Gasteiger partial charge in [-0.1, -0.05) is 42.5 Å². The number of carbonyl (C=O) groups excluding carboxylic acids is 2. The van der Waals surface area contributed by atoms with Crippen LogP contribution in [0.5, 0.6) is 0 Å². The topological polar surface area (TPSA) is 66.6 Å². The summed E-state index contributed by atoms with van der Waals surface area (Å²) in [5, 5.41) is 0. The summed E-state index contributed by atoms with van der Waals surface area (Å²) in [7, 11) is 0. The highest BCUT2D eigenvalue weighted by atomic mass is 32.2. The molecule has 1 heterocycles. The fourth-order valence-electron chi connectivity index (χ4n) is 2.99. The normalized spacial score (nSPS) is 13.4. The molecule has 2 amide bonds. The van der Waals surface area contributed by atoms with Crippen LogP contribution < -0.4 is 10.6 Å². The van der Waals surface area contributed by atoms with Crippen LogP contribution in [0.25, 0.3) is 0 Å². The zero-order valence-corrected chi connectivity index (χ0v) is 15.5. The second-order valence-corrected chi connectivity index (χ2v) is 7.16. The summed E-state index contributed by atoms with van der Waals surface area (Å²) in [6.45, 7) is 1.55. The van der Waals surface area contributed by atoms with Crippen LogP contribution in [0.15, 0.2) is 59.5 Å². The first kappa shape index (κ1) is 18.5. The third-order valence-electron chi connectivity index (χ3n) is 4.37. The molecule has 0 unspecified atom stereocenters. The highest BCUT2D eigenvalue weighted by molar-refractivity contribution is 8.00. The second kappa shape index (κ2) is 8.87. The number of para-hydroxylation sites is 1. The van der Waals surface area contributed by atoms with Gasteiger partial charge >= 0.3 is 0 Å². The number of hydrogen-bond acceptors (Lipinski definition) is 4. The van der Waals surface area contributed by atoms with Crippen molar-refractivity contribution >= 4 is 29.3 Å². The smallest absolute Gasteiger partial charge is 0.242 e. The van der Waals surface area contributed by atoms with Gasteiger partial charge in [0.15, 0.2) is 0 Å². The van der Waals surface area contributed by atoms with Crippen LogP contribution in [0, 0.1) is 0 Å². The van der Waals surface area contributed by atoms with Crippen LogP contribution in [0.3, 0.4) is 0 Å². The molecule has 0 aromatic heterocycles. The van der Waals surface area contributed by atoms with Crippen molar-refractivity contribution in [1.82, 2.24) is 4.90 Å². The molecular formula is C20H23N3O2S. The molecule has 6 heteroatoms. The van der Waals surface area contributed by atoms with E-state index in [2.05, 4.69) is 0 Å². The Morgan fingerprint density at radius 3 is 2.58 bits per heavy atom. The van der Waals surface area contributed by atoms with Gasteiger partial charge in [-0.3, -0.25) is 9.59 Å². The Balaban J connectivity index is 1.68. The highest BCUT2D eigenvalue weighted by Gasteiger charge is 2.27. The van der Waals surface area contributed by atoms with Crippen LogP contribution in [0.1, 0.15) is 5.56 Å². The standard InChI is InChI=1S/C20H23N3O2S/c21-11-13-22(12-10-16-6-2-1-3-7-16)19(24)14-23-17-8-4-5-9-18(17)26-15-20(23)25/h1-9H,10-15,21H2. The van der Waals surface area contributed by atoms with Gasteiger partial charge in [0.1, 0.15) is 6.54 Å². The lowest BCUT2D eigenvalue weighted by molar-refractivity contribution is -0.131. The minimum atomic E-state index is -0.0681. The first-order chi connectivity index (χ1) is 12.7. The molecule has 2 N–H and O–H groups in total. The van der Waals surface area contributed by atoms with Crippen LogP contribution in [-0.4, -0.2) is 48.6 Å². The monoisotopic (exact) mass is 369 g/mol. The van der Waals surface area contributed by atoms with Gasteiger partial charge in [-0.2, -0.15) is 0 Å². The number of anilines is 1. The Kier molecular flexibility index (Phi) is 6.30. The highest BCUT2D eigenvalue weighted by Crippen LogP contribution is 2.34. The van der Waals surface area contributed by atoms with Crippen molar-refractivity contribution in [2.45, 2.75) is 11.3 Å². The average Bonchev–Trinajstić information content (AvgIpc) is 2.68. The largest absolute Gasteiger partial charge is 0.340 e. The molecule has 136 valence electrons. The summed E-state index contributed by atoms with van der Waals surface area (Å²) < 4.78 is 0. The SMILES string of the molecule is NCCN(CCc1ccccc1)C(=O)CN1C(=O)CSc2ccccc21. The Bertz CT molecular complexity index is 767. The predicted octanol–water partition coefficient (Wildman–Crippen LogP) is 2.16. The van der Waals surface area contributed by atoms with E-state index in [1.165, 1.54) is 17.3 Å². The van der Waals surface area contributed by atoms with E-state index in [0.29, 0.717) is 25.4 Å². The molecule has 3 rings (SSSR count). The molecule has 0 bridgehead atoms. The first-order valence-corrected chi connectivity index (χ1v) is 9.71. The number of hydrogen-bond donors (Lipinski definition) is 1.